The molecule has 0 unspecified atom stereocenters. The molecule has 0 saturated heterocycles. The highest BCUT2D eigenvalue weighted by Crippen LogP contribution is 2.34. The number of fused-ring (bicyclic) bond motifs is 1. The number of benzene rings is 2. The summed E-state index contributed by atoms with van der Waals surface area (Å²) in [4.78, 5) is 43.4. The van der Waals surface area contributed by atoms with E-state index in [-0.39, 0.29) is 19.1 Å². The summed E-state index contributed by atoms with van der Waals surface area (Å²) in [6.07, 6.45) is 1.67. The van der Waals surface area contributed by atoms with Crippen molar-refractivity contribution in [2.75, 3.05) is 6.61 Å². The summed E-state index contributed by atoms with van der Waals surface area (Å²) in [6, 6.07) is 14.9. The van der Waals surface area contributed by atoms with Crippen molar-refractivity contribution in [3.63, 3.8) is 0 Å². The molecule has 0 spiro atoms. The largest absolute Gasteiger partial charge is 0.458 e. The predicted molar refractivity (Wildman–Crippen MR) is 161 cm³/mol. The quantitative estimate of drug-likeness (QED) is 0.231. The number of hydrogen-bond acceptors (Lipinski definition) is 7. The van der Waals surface area contributed by atoms with Gasteiger partial charge < -0.3 is 19.5 Å². The van der Waals surface area contributed by atoms with Crippen LogP contribution in [0.3, 0.4) is 0 Å². The van der Waals surface area contributed by atoms with Crippen LogP contribution in [0, 0.1) is 19.8 Å². The lowest BCUT2D eigenvalue weighted by Crippen LogP contribution is -2.33. The van der Waals surface area contributed by atoms with Crippen LogP contribution < -0.4 is 5.32 Å². The van der Waals surface area contributed by atoms with Crippen molar-refractivity contribution in [3.05, 3.63) is 93.8 Å². The van der Waals surface area contributed by atoms with Gasteiger partial charge in [0.2, 0.25) is 0 Å². The average molecular weight is 571 g/mol. The fourth-order valence-electron chi connectivity index (χ4n) is 4.81. The van der Waals surface area contributed by atoms with Crippen LogP contribution in [0.4, 0.5) is 4.79 Å². The Balaban J connectivity index is 1.73. The third-order valence-corrected chi connectivity index (χ3v) is 6.62. The van der Waals surface area contributed by atoms with E-state index >= 15 is 0 Å². The van der Waals surface area contributed by atoms with Crippen LogP contribution in [0.1, 0.15) is 83.4 Å². The number of nitrogens with zero attached hydrogens (tertiary/aromatic N) is 1. The number of nitrogens with one attached hydrogen (secondary N) is 1. The third kappa shape index (κ3) is 7.24. The van der Waals surface area contributed by atoms with E-state index in [0.29, 0.717) is 40.1 Å². The lowest BCUT2D eigenvalue weighted by molar-refractivity contribution is 0.0520. The van der Waals surface area contributed by atoms with Gasteiger partial charge in [-0.2, -0.15) is 0 Å². The third-order valence-electron chi connectivity index (χ3n) is 6.62. The first-order valence-electron chi connectivity index (χ1n) is 14.1. The smallest absolute Gasteiger partial charge is 0.407 e. The minimum atomic E-state index is -0.659. The van der Waals surface area contributed by atoms with E-state index in [1.54, 1.807) is 52.0 Å². The van der Waals surface area contributed by atoms with Gasteiger partial charge in [-0.25, -0.2) is 14.4 Å². The molecular weight excluding hydrogens is 532 g/mol. The second-order valence-corrected chi connectivity index (χ2v) is 11.8. The SMILES string of the molecule is Cc1ccc(-c2c(CNC(=O)OC(C)(C)C)c(CC(C)C)nc(C)c2C(=O)OC/C=C2/OC(=O)c3ccccc32)cc1. The van der Waals surface area contributed by atoms with Crippen molar-refractivity contribution in [2.45, 2.75) is 67.0 Å². The molecule has 2 aromatic carbocycles. The van der Waals surface area contributed by atoms with E-state index < -0.39 is 23.6 Å². The van der Waals surface area contributed by atoms with Gasteiger partial charge in [0.05, 0.1) is 16.8 Å². The van der Waals surface area contributed by atoms with Crippen molar-refractivity contribution in [3.8, 4) is 11.1 Å². The monoisotopic (exact) mass is 570 g/mol. The Kier molecular flexibility index (Phi) is 9.14. The Hall–Kier alpha value is -4.46. The Morgan fingerprint density at radius 2 is 1.69 bits per heavy atom. The standard InChI is InChI=1S/C34H38N2O6/c1-20(2)18-27-26(19-35-33(39)42-34(5,6)7)30(23-14-12-21(3)13-15-23)29(22(4)36-27)32(38)40-17-16-28-24-10-8-9-11-25(24)31(37)41-28/h8-16,20H,17-19H2,1-7H3,(H,35,39)/b28-16+. The van der Waals surface area contributed by atoms with Crippen LogP contribution in [0.15, 0.2) is 54.6 Å². The molecule has 1 aromatic heterocycles. The molecule has 0 fully saturated rings. The molecule has 8 nitrogen and oxygen atoms in total. The molecule has 0 saturated carbocycles. The van der Waals surface area contributed by atoms with Gasteiger partial charge in [-0.1, -0.05) is 61.9 Å². The zero-order valence-corrected chi connectivity index (χ0v) is 25.3. The summed E-state index contributed by atoms with van der Waals surface area (Å²) >= 11 is 0. The molecule has 2 heterocycles. The van der Waals surface area contributed by atoms with E-state index in [2.05, 4.69) is 19.2 Å². The highest BCUT2D eigenvalue weighted by atomic mass is 16.6. The summed E-state index contributed by atoms with van der Waals surface area (Å²) < 4.78 is 16.6. The normalized spacial score (nSPS) is 13.6. The summed E-state index contributed by atoms with van der Waals surface area (Å²) in [5, 5.41) is 2.86. The van der Waals surface area contributed by atoms with Crippen molar-refractivity contribution in [1.82, 2.24) is 10.3 Å². The van der Waals surface area contributed by atoms with Gasteiger partial charge in [0, 0.05) is 28.9 Å². The summed E-state index contributed by atoms with van der Waals surface area (Å²) in [7, 11) is 0. The Morgan fingerprint density at radius 3 is 2.33 bits per heavy atom. The number of rotatable bonds is 8. The van der Waals surface area contributed by atoms with E-state index in [1.807, 2.05) is 37.3 Å². The fourth-order valence-corrected chi connectivity index (χ4v) is 4.81. The Labute approximate surface area is 247 Å². The molecular formula is C34H38N2O6. The number of carbonyl (C=O) groups excluding carboxylic acids is 3. The molecule has 1 aliphatic rings. The summed E-state index contributed by atoms with van der Waals surface area (Å²) in [5.41, 5.74) is 5.37. The molecule has 1 N–H and O–H groups in total. The number of esters is 2. The van der Waals surface area contributed by atoms with E-state index in [1.165, 1.54) is 0 Å². The van der Waals surface area contributed by atoms with Gasteiger partial charge in [-0.15, -0.1) is 0 Å². The predicted octanol–water partition coefficient (Wildman–Crippen LogP) is 6.96. The second-order valence-electron chi connectivity index (χ2n) is 11.8. The number of amides is 1. The topological polar surface area (TPSA) is 104 Å². The van der Waals surface area contributed by atoms with Gasteiger partial charge in [0.1, 0.15) is 18.0 Å². The molecule has 4 rings (SSSR count). The Bertz CT molecular complexity index is 1530. The zero-order valence-electron chi connectivity index (χ0n) is 25.3. The number of carbonyl (C=O) groups is 3. The van der Waals surface area contributed by atoms with Crippen LogP contribution in [-0.4, -0.2) is 35.2 Å². The summed E-state index contributed by atoms with van der Waals surface area (Å²) in [5.74, 6) is -0.372. The van der Waals surface area contributed by atoms with Crippen molar-refractivity contribution < 1.29 is 28.6 Å². The van der Waals surface area contributed by atoms with Crippen LogP contribution in [0.5, 0.6) is 0 Å². The van der Waals surface area contributed by atoms with Gasteiger partial charge >= 0.3 is 18.0 Å². The molecule has 1 aliphatic heterocycles. The molecule has 3 aromatic rings. The summed E-state index contributed by atoms with van der Waals surface area (Å²) in [6.45, 7) is 13.4. The number of aromatic nitrogens is 1. The molecule has 0 bridgehead atoms. The maximum absolute atomic E-state index is 13.7. The van der Waals surface area contributed by atoms with Crippen LogP contribution in [0.2, 0.25) is 0 Å². The van der Waals surface area contributed by atoms with Crippen molar-refractivity contribution in [1.29, 1.82) is 0 Å². The fraction of sp³-hybridized carbons (Fsp3) is 0.353. The molecule has 8 heteroatoms. The first-order chi connectivity index (χ1) is 19.8. The van der Waals surface area contributed by atoms with E-state index in [0.717, 1.165) is 22.4 Å². The highest BCUT2D eigenvalue weighted by Gasteiger charge is 2.28. The van der Waals surface area contributed by atoms with Crippen molar-refractivity contribution in [2.24, 2.45) is 5.92 Å². The maximum Gasteiger partial charge on any atom is 0.407 e. The number of ether oxygens (including phenoxy) is 3. The van der Waals surface area contributed by atoms with E-state index in [9.17, 15) is 14.4 Å². The highest BCUT2D eigenvalue weighted by molar-refractivity contribution is 6.03. The van der Waals surface area contributed by atoms with Gasteiger partial charge in [0.15, 0.2) is 0 Å². The van der Waals surface area contributed by atoms with Gasteiger partial charge in [-0.05, 0) is 64.7 Å². The maximum atomic E-state index is 13.7. The second kappa shape index (κ2) is 12.6. The minimum Gasteiger partial charge on any atom is -0.458 e. The van der Waals surface area contributed by atoms with Crippen LogP contribution in [0.25, 0.3) is 16.9 Å². The molecule has 220 valence electrons. The number of alkyl carbamates (subject to hydrolysis) is 1. The lowest BCUT2D eigenvalue weighted by atomic mass is 9.89. The molecule has 42 heavy (non-hydrogen) atoms. The minimum absolute atomic E-state index is 0.109. The van der Waals surface area contributed by atoms with E-state index in [4.69, 9.17) is 19.2 Å². The lowest BCUT2D eigenvalue weighted by Gasteiger charge is -2.23. The molecule has 1 amide bonds. The number of cyclic esters (lactones) is 1. The first kappa shape index (κ1) is 30.5. The average Bonchev–Trinajstić information content (AvgIpc) is 3.22. The molecule has 0 atom stereocenters. The number of hydrogen-bond donors (Lipinski definition) is 1. The van der Waals surface area contributed by atoms with Crippen LogP contribution >= 0.6 is 0 Å². The zero-order chi connectivity index (χ0) is 30.6. The number of aryl methyl sites for hydroxylation is 2. The molecule has 0 aliphatic carbocycles. The van der Waals surface area contributed by atoms with Crippen LogP contribution in [-0.2, 0) is 27.2 Å². The van der Waals surface area contributed by atoms with Crippen molar-refractivity contribution >= 4 is 23.8 Å². The first-order valence-corrected chi connectivity index (χ1v) is 14.1. The van der Waals surface area contributed by atoms with Gasteiger partial charge in [-0.3, -0.25) is 4.98 Å². The Morgan fingerprint density at radius 1 is 1.02 bits per heavy atom. The van der Waals surface area contributed by atoms with Gasteiger partial charge in [0.25, 0.3) is 0 Å². The number of pyridine rings is 1. The molecule has 0 radical (unpaired) electrons.